The van der Waals surface area contributed by atoms with Crippen LogP contribution >= 0.6 is 0 Å². The number of aldehydes is 1. The van der Waals surface area contributed by atoms with E-state index in [1.807, 2.05) is 6.92 Å². The van der Waals surface area contributed by atoms with Gasteiger partial charge in [0.05, 0.1) is 0 Å². The molecule has 16 heavy (non-hydrogen) atoms. The highest BCUT2D eigenvalue weighted by Crippen LogP contribution is 2.10. The summed E-state index contributed by atoms with van der Waals surface area (Å²) >= 11 is 0. The summed E-state index contributed by atoms with van der Waals surface area (Å²) in [6.07, 6.45) is 11.4. The van der Waals surface area contributed by atoms with E-state index in [-0.39, 0.29) is 1.43 Å². The third kappa shape index (κ3) is 9.45. The number of hydrogen-bond donors (Lipinski definition) is 0. The van der Waals surface area contributed by atoms with Crippen molar-refractivity contribution in [2.75, 3.05) is 0 Å². The van der Waals surface area contributed by atoms with Gasteiger partial charge in [0.2, 0.25) is 0 Å². The fraction of sp³-hybridized carbons (Fsp3) is 0.533. The first-order valence-electron chi connectivity index (χ1n) is 5.96. The minimum atomic E-state index is 0. The van der Waals surface area contributed by atoms with Crippen molar-refractivity contribution in [1.29, 1.82) is 0 Å². The van der Waals surface area contributed by atoms with Crippen LogP contribution in [-0.4, -0.2) is 6.29 Å². The zero-order valence-corrected chi connectivity index (χ0v) is 11.0. The van der Waals surface area contributed by atoms with Crippen LogP contribution < -0.4 is 0 Å². The molecule has 0 aliphatic heterocycles. The zero-order chi connectivity index (χ0) is 12.4. The van der Waals surface area contributed by atoms with Gasteiger partial charge in [0.25, 0.3) is 0 Å². The molecule has 0 radical (unpaired) electrons. The van der Waals surface area contributed by atoms with Crippen LogP contribution in [-0.2, 0) is 4.79 Å². The van der Waals surface area contributed by atoms with Crippen LogP contribution in [0.3, 0.4) is 0 Å². The van der Waals surface area contributed by atoms with E-state index in [4.69, 9.17) is 0 Å². The van der Waals surface area contributed by atoms with Gasteiger partial charge < -0.3 is 0 Å². The van der Waals surface area contributed by atoms with E-state index in [9.17, 15) is 4.79 Å². The fourth-order valence-electron chi connectivity index (χ4n) is 1.44. The summed E-state index contributed by atoms with van der Waals surface area (Å²) < 4.78 is 0. The van der Waals surface area contributed by atoms with Crippen LogP contribution in [0.2, 0.25) is 0 Å². The molecule has 0 spiro atoms. The molecule has 0 N–H and O–H groups in total. The van der Waals surface area contributed by atoms with Crippen LogP contribution in [0, 0.1) is 0 Å². The highest BCUT2D eigenvalue weighted by atomic mass is 16.1. The molecule has 0 unspecified atom stereocenters. The van der Waals surface area contributed by atoms with Crippen LogP contribution in [0.25, 0.3) is 0 Å². The molecule has 0 aromatic heterocycles. The van der Waals surface area contributed by atoms with E-state index in [1.165, 1.54) is 11.1 Å². The Bertz CT molecular complexity index is 294. The van der Waals surface area contributed by atoms with Crippen molar-refractivity contribution in [3.63, 3.8) is 0 Å². The summed E-state index contributed by atoms with van der Waals surface area (Å²) in [6, 6.07) is 0. The quantitative estimate of drug-likeness (QED) is 0.345. The van der Waals surface area contributed by atoms with Gasteiger partial charge in [0.1, 0.15) is 6.29 Å². The second kappa shape index (κ2) is 9.14. The number of rotatable bonds is 7. The van der Waals surface area contributed by atoms with E-state index in [0.717, 1.165) is 37.5 Å². The molecule has 1 heteroatoms. The highest BCUT2D eigenvalue weighted by molar-refractivity contribution is 5.65. The summed E-state index contributed by atoms with van der Waals surface area (Å²) in [6.45, 7) is 8.44. The first kappa shape index (κ1) is 14.9. The Morgan fingerprint density at radius 3 is 2.06 bits per heavy atom. The predicted molar refractivity (Wildman–Crippen MR) is 72.6 cm³/mol. The van der Waals surface area contributed by atoms with Gasteiger partial charge in [-0.15, -0.1) is 0 Å². The van der Waals surface area contributed by atoms with E-state index < -0.39 is 0 Å². The minimum Gasteiger partial charge on any atom is -0.299 e. The van der Waals surface area contributed by atoms with Crippen LogP contribution in [0.1, 0.15) is 54.8 Å². The van der Waals surface area contributed by atoms with Crippen molar-refractivity contribution in [3.05, 3.63) is 34.9 Å². The standard InChI is InChI=1S/C15H24O/c1-13(2)7-5-8-14(3)9-6-10-15(4)11-12-16/h7,9,11-12H,5-6,8,10H2,1-4H3/p+1. The van der Waals surface area contributed by atoms with Crippen molar-refractivity contribution >= 4 is 6.29 Å². The third-order valence-electron chi connectivity index (χ3n) is 2.48. The van der Waals surface area contributed by atoms with Crippen molar-refractivity contribution in [3.8, 4) is 0 Å². The third-order valence-corrected chi connectivity index (χ3v) is 2.48. The smallest absolute Gasteiger partial charge is 0.299 e. The van der Waals surface area contributed by atoms with Crippen molar-refractivity contribution < 1.29 is 6.22 Å². The highest BCUT2D eigenvalue weighted by Gasteiger charge is 1.91. The topological polar surface area (TPSA) is 17.1 Å². The van der Waals surface area contributed by atoms with E-state index in [0.29, 0.717) is 0 Å². The van der Waals surface area contributed by atoms with E-state index in [2.05, 4.69) is 32.9 Å². The van der Waals surface area contributed by atoms with Gasteiger partial charge in [-0.3, -0.25) is 4.79 Å². The summed E-state index contributed by atoms with van der Waals surface area (Å²) in [4.78, 5) is 10.2. The van der Waals surface area contributed by atoms with E-state index in [1.54, 1.807) is 6.08 Å². The van der Waals surface area contributed by atoms with Crippen LogP contribution in [0.5, 0.6) is 0 Å². The maximum Gasteiger partial charge on any atom is 1.00 e. The fourth-order valence-corrected chi connectivity index (χ4v) is 1.44. The molecule has 1 nitrogen and oxygen atoms in total. The zero-order valence-electron chi connectivity index (χ0n) is 12.0. The van der Waals surface area contributed by atoms with Gasteiger partial charge in [-0.05, 0) is 59.5 Å². The Labute approximate surface area is 101 Å². The monoisotopic (exact) mass is 221 g/mol. The van der Waals surface area contributed by atoms with Gasteiger partial charge in [-0.1, -0.05) is 28.9 Å². The average Bonchev–Trinajstić information content (AvgIpc) is 2.17. The molecule has 0 amide bonds. The Balaban J connectivity index is 0. The Morgan fingerprint density at radius 1 is 0.938 bits per heavy atom. The number of allylic oxidation sites excluding steroid dienone is 6. The van der Waals surface area contributed by atoms with Gasteiger partial charge in [0, 0.05) is 0 Å². The van der Waals surface area contributed by atoms with Gasteiger partial charge in [-0.2, -0.15) is 0 Å². The first-order chi connectivity index (χ1) is 7.56. The maximum atomic E-state index is 10.2. The number of carbonyl (C=O) groups is 1. The molecule has 0 aromatic carbocycles. The first-order valence-corrected chi connectivity index (χ1v) is 5.96. The lowest BCUT2D eigenvalue weighted by Crippen LogP contribution is -1.81. The molecule has 0 bridgehead atoms. The van der Waals surface area contributed by atoms with Crippen molar-refractivity contribution in [2.24, 2.45) is 0 Å². The second-order valence-electron chi connectivity index (χ2n) is 4.56. The number of hydrogen-bond acceptors (Lipinski definition) is 1. The second-order valence-corrected chi connectivity index (χ2v) is 4.56. The molecule has 0 fully saturated rings. The Kier molecular flexibility index (Phi) is 8.51. The molecule has 0 saturated heterocycles. The van der Waals surface area contributed by atoms with Crippen molar-refractivity contribution in [1.82, 2.24) is 0 Å². The normalized spacial score (nSPS) is 12.5. The summed E-state index contributed by atoms with van der Waals surface area (Å²) in [7, 11) is 0. The Hall–Kier alpha value is -1.11. The largest absolute Gasteiger partial charge is 1.00 e. The maximum absolute atomic E-state index is 10.2. The summed E-state index contributed by atoms with van der Waals surface area (Å²) in [5.41, 5.74) is 3.98. The van der Waals surface area contributed by atoms with Crippen molar-refractivity contribution in [2.45, 2.75) is 53.4 Å². The van der Waals surface area contributed by atoms with Gasteiger partial charge in [0.15, 0.2) is 0 Å². The minimum absolute atomic E-state index is 0. The average molecular weight is 221 g/mol. The SMILES string of the molecule is CC(C)=CCCC(C)=CCCC(C)=CC=O.[H+]. The summed E-state index contributed by atoms with van der Waals surface area (Å²) in [5, 5.41) is 0. The molecule has 0 aliphatic rings. The number of carbonyl (C=O) groups excluding carboxylic acids is 1. The molecule has 0 rings (SSSR count). The van der Waals surface area contributed by atoms with Crippen LogP contribution in [0.15, 0.2) is 34.9 Å². The van der Waals surface area contributed by atoms with Gasteiger partial charge in [-0.25, -0.2) is 0 Å². The lowest BCUT2D eigenvalue weighted by molar-refractivity contribution is -0.104. The molecule has 0 saturated carbocycles. The molecule has 0 heterocycles. The van der Waals surface area contributed by atoms with Gasteiger partial charge >= 0.3 is 1.43 Å². The molecular formula is C15H25O+. The molecular weight excluding hydrogens is 196 g/mol. The molecule has 0 aromatic rings. The lowest BCUT2D eigenvalue weighted by Gasteiger charge is -2.00. The Morgan fingerprint density at radius 2 is 1.50 bits per heavy atom. The summed E-state index contributed by atoms with van der Waals surface area (Å²) in [5.74, 6) is 0. The lowest BCUT2D eigenvalue weighted by atomic mass is 10.1. The predicted octanol–water partition coefficient (Wildman–Crippen LogP) is 4.72. The molecule has 0 aliphatic carbocycles. The molecule has 0 atom stereocenters. The molecule has 90 valence electrons. The van der Waals surface area contributed by atoms with E-state index >= 15 is 0 Å². The van der Waals surface area contributed by atoms with Crippen LogP contribution in [0.4, 0.5) is 0 Å².